The average Bonchev–Trinajstić information content (AvgIpc) is 3.16. The first-order chi connectivity index (χ1) is 15.7. The van der Waals surface area contributed by atoms with Gasteiger partial charge < -0.3 is 9.47 Å². The molecule has 0 radical (unpaired) electrons. The quantitative estimate of drug-likeness (QED) is 0.422. The third-order valence-electron chi connectivity index (χ3n) is 5.85. The molecule has 10 heteroatoms. The van der Waals surface area contributed by atoms with Crippen LogP contribution in [0.1, 0.15) is 21.7 Å². The summed E-state index contributed by atoms with van der Waals surface area (Å²) in [5.74, 6) is -0.144. The minimum Gasteiger partial charge on any atom is -0.336 e. The van der Waals surface area contributed by atoms with Gasteiger partial charge in [-0.25, -0.2) is 8.42 Å². The van der Waals surface area contributed by atoms with Crippen molar-refractivity contribution in [1.29, 1.82) is 0 Å². The Morgan fingerprint density at radius 2 is 1.39 bits per heavy atom. The lowest BCUT2D eigenvalue weighted by Gasteiger charge is -2.34. The van der Waals surface area contributed by atoms with E-state index in [0.717, 1.165) is 17.1 Å². The molecule has 0 unspecified atom stereocenters. The minimum absolute atomic E-state index is 0.000867. The normalized spacial score (nSPS) is 14.9. The Balaban J connectivity index is 1.42. The van der Waals surface area contributed by atoms with Gasteiger partial charge in [0, 0.05) is 61.0 Å². The average molecular weight is 469 g/mol. The third kappa shape index (κ3) is 4.39. The number of amides is 1. The van der Waals surface area contributed by atoms with Crippen molar-refractivity contribution in [2.24, 2.45) is 0 Å². The highest BCUT2D eigenvalue weighted by atomic mass is 32.2. The Morgan fingerprint density at radius 1 is 0.848 bits per heavy atom. The van der Waals surface area contributed by atoms with E-state index in [0.29, 0.717) is 5.56 Å². The zero-order valence-corrected chi connectivity index (χ0v) is 19.2. The molecule has 4 rings (SSSR count). The smallest absolute Gasteiger partial charge is 0.269 e. The number of benzene rings is 2. The van der Waals surface area contributed by atoms with Gasteiger partial charge in [0.1, 0.15) is 0 Å². The van der Waals surface area contributed by atoms with Crippen LogP contribution in [0.3, 0.4) is 0 Å². The van der Waals surface area contributed by atoms with E-state index in [9.17, 15) is 23.3 Å². The second-order valence-corrected chi connectivity index (χ2v) is 9.88. The van der Waals surface area contributed by atoms with Crippen molar-refractivity contribution in [3.63, 3.8) is 0 Å². The molecule has 2 heterocycles. The molecule has 0 atom stereocenters. The van der Waals surface area contributed by atoms with E-state index in [-0.39, 0.29) is 42.7 Å². The SMILES string of the molecule is Cc1ccc(C)n1-c1ccc(C(=O)N2CCN(S(=O)(=O)c3ccc([N+](=O)[O-])cc3)CC2)cc1. The maximum absolute atomic E-state index is 12.9. The first-order valence-corrected chi connectivity index (χ1v) is 11.9. The number of hydrogen-bond acceptors (Lipinski definition) is 5. The molecule has 0 N–H and O–H groups in total. The van der Waals surface area contributed by atoms with E-state index < -0.39 is 14.9 Å². The van der Waals surface area contributed by atoms with Gasteiger partial charge in [-0.05, 0) is 62.4 Å². The molecule has 172 valence electrons. The number of rotatable bonds is 5. The number of nitrogens with zero attached hydrogens (tertiary/aromatic N) is 4. The Hall–Kier alpha value is -3.50. The van der Waals surface area contributed by atoms with Crippen LogP contribution < -0.4 is 0 Å². The highest BCUT2D eigenvalue weighted by Gasteiger charge is 2.30. The molecule has 1 aliphatic rings. The van der Waals surface area contributed by atoms with Crippen LogP contribution in [0.4, 0.5) is 5.69 Å². The van der Waals surface area contributed by atoms with Crippen LogP contribution in [-0.2, 0) is 10.0 Å². The van der Waals surface area contributed by atoms with Crippen LogP contribution >= 0.6 is 0 Å². The molecular weight excluding hydrogens is 444 g/mol. The lowest BCUT2D eigenvalue weighted by Crippen LogP contribution is -2.50. The molecule has 1 aromatic heterocycles. The Morgan fingerprint density at radius 3 is 1.91 bits per heavy atom. The summed E-state index contributed by atoms with van der Waals surface area (Å²) in [5.41, 5.74) is 3.57. The van der Waals surface area contributed by atoms with Crippen LogP contribution in [0, 0.1) is 24.0 Å². The van der Waals surface area contributed by atoms with Crippen molar-refractivity contribution in [3.8, 4) is 5.69 Å². The molecule has 33 heavy (non-hydrogen) atoms. The Labute approximate surface area is 192 Å². The summed E-state index contributed by atoms with van der Waals surface area (Å²) in [7, 11) is -3.79. The van der Waals surface area contributed by atoms with Gasteiger partial charge in [0.2, 0.25) is 10.0 Å². The molecule has 0 saturated carbocycles. The number of non-ortho nitro benzene ring substituents is 1. The lowest BCUT2D eigenvalue weighted by atomic mass is 10.1. The first kappa shape index (κ1) is 22.7. The largest absolute Gasteiger partial charge is 0.336 e. The first-order valence-electron chi connectivity index (χ1n) is 10.5. The van der Waals surface area contributed by atoms with E-state index in [2.05, 4.69) is 4.57 Å². The maximum Gasteiger partial charge on any atom is 0.269 e. The van der Waals surface area contributed by atoms with E-state index >= 15 is 0 Å². The van der Waals surface area contributed by atoms with Crippen LogP contribution in [0.5, 0.6) is 0 Å². The van der Waals surface area contributed by atoms with Gasteiger partial charge >= 0.3 is 0 Å². The van der Waals surface area contributed by atoms with Crippen LogP contribution in [0.2, 0.25) is 0 Å². The number of nitro groups is 1. The molecule has 1 fully saturated rings. The van der Waals surface area contributed by atoms with Crippen molar-refractivity contribution < 1.29 is 18.1 Å². The van der Waals surface area contributed by atoms with E-state index in [1.165, 1.54) is 28.6 Å². The summed E-state index contributed by atoms with van der Waals surface area (Å²) < 4.78 is 29.2. The Kier molecular flexibility index (Phi) is 6.05. The number of sulfonamides is 1. The fraction of sp³-hybridized carbons (Fsp3) is 0.261. The zero-order chi connectivity index (χ0) is 23.8. The predicted octanol–water partition coefficient (Wildman–Crippen LogP) is 3.15. The predicted molar refractivity (Wildman–Crippen MR) is 123 cm³/mol. The highest BCUT2D eigenvalue weighted by Crippen LogP contribution is 2.22. The maximum atomic E-state index is 12.9. The minimum atomic E-state index is -3.79. The summed E-state index contributed by atoms with van der Waals surface area (Å²) >= 11 is 0. The zero-order valence-electron chi connectivity index (χ0n) is 18.3. The van der Waals surface area contributed by atoms with Gasteiger partial charge in [-0.15, -0.1) is 0 Å². The van der Waals surface area contributed by atoms with Crippen molar-refractivity contribution in [3.05, 3.63) is 87.7 Å². The molecular formula is C23H24N4O5S. The van der Waals surface area contributed by atoms with Crippen molar-refractivity contribution in [2.75, 3.05) is 26.2 Å². The Bertz CT molecular complexity index is 1270. The van der Waals surface area contributed by atoms with Crippen LogP contribution in [0.15, 0.2) is 65.6 Å². The van der Waals surface area contributed by atoms with Gasteiger partial charge in [-0.2, -0.15) is 4.31 Å². The molecule has 0 bridgehead atoms. The molecule has 1 aliphatic heterocycles. The molecule has 3 aromatic rings. The summed E-state index contributed by atoms with van der Waals surface area (Å²) in [6.45, 7) is 4.90. The molecule has 0 aliphatic carbocycles. The highest BCUT2D eigenvalue weighted by molar-refractivity contribution is 7.89. The summed E-state index contributed by atoms with van der Waals surface area (Å²) in [5, 5.41) is 10.8. The summed E-state index contributed by atoms with van der Waals surface area (Å²) in [6, 6.07) is 16.3. The second kappa shape index (κ2) is 8.80. The number of carbonyl (C=O) groups is 1. The number of aryl methyl sites for hydroxylation is 2. The third-order valence-corrected chi connectivity index (χ3v) is 7.77. The topological polar surface area (TPSA) is 106 Å². The van der Waals surface area contributed by atoms with Crippen molar-refractivity contribution in [2.45, 2.75) is 18.7 Å². The standard InChI is InChI=1S/C23H24N4O5S/c1-17-3-4-18(2)26(17)20-7-5-19(6-8-20)23(28)24-13-15-25(16-14-24)33(31,32)22-11-9-21(10-12-22)27(29)30/h3-12H,13-16H2,1-2H3. The van der Waals surface area contributed by atoms with E-state index in [1.54, 1.807) is 17.0 Å². The summed E-state index contributed by atoms with van der Waals surface area (Å²) in [4.78, 5) is 24.8. The van der Waals surface area contributed by atoms with E-state index in [1.807, 2.05) is 38.1 Å². The molecule has 9 nitrogen and oxygen atoms in total. The van der Waals surface area contributed by atoms with Gasteiger partial charge in [-0.3, -0.25) is 14.9 Å². The number of piperazine rings is 1. The van der Waals surface area contributed by atoms with Gasteiger partial charge in [-0.1, -0.05) is 0 Å². The monoisotopic (exact) mass is 468 g/mol. The number of carbonyl (C=O) groups excluding carboxylic acids is 1. The van der Waals surface area contributed by atoms with Crippen LogP contribution in [0.25, 0.3) is 5.69 Å². The van der Waals surface area contributed by atoms with Gasteiger partial charge in [0.25, 0.3) is 11.6 Å². The second-order valence-electron chi connectivity index (χ2n) is 7.95. The molecule has 2 aromatic carbocycles. The van der Waals surface area contributed by atoms with Crippen LogP contribution in [-0.4, -0.2) is 59.2 Å². The van der Waals surface area contributed by atoms with Crippen molar-refractivity contribution in [1.82, 2.24) is 13.8 Å². The number of hydrogen-bond donors (Lipinski definition) is 0. The lowest BCUT2D eigenvalue weighted by molar-refractivity contribution is -0.384. The molecule has 1 saturated heterocycles. The number of nitro benzene ring substituents is 1. The van der Waals surface area contributed by atoms with Crippen molar-refractivity contribution >= 4 is 21.6 Å². The van der Waals surface area contributed by atoms with E-state index in [4.69, 9.17) is 0 Å². The fourth-order valence-electron chi connectivity index (χ4n) is 4.03. The fourth-order valence-corrected chi connectivity index (χ4v) is 5.45. The molecule has 1 amide bonds. The van der Waals surface area contributed by atoms with Gasteiger partial charge in [0.15, 0.2) is 0 Å². The summed E-state index contributed by atoms with van der Waals surface area (Å²) in [6.07, 6.45) is 0. The number of aromatic nitrogens is 1. The molecule has 0 spiro atoms. The van der Waals surface area contributed by atoms with Gasteiger partial charge in [0.05, 0.1) is 9.82 Å².